The van der Waals surface area contributed by atoms with E-state index in [4.69, 9.17) is 14.2 Å². The lowest BCUT2D eigenvalue weighted by molar-refractivity contribution is -0.118. The van der Waals surface area contributed by atoms with Gasteiger partial charge >= 0.3 is 0 Å². The van der Waals surface area contributed by atoms with Crippen LogP contribution in [0, 0.1) is 0 Å². The van der Waals surface area contributed by atoms with Crippen molar-refractivity contribution in [2.45, 2.75) is 0 Å². The van der Waals surface area contributed by atoms with Crippen molar-refractivity contribution in [2.24, 2.45) is 0 Å². The van der Waals surface area contributed by atoms with Crippen LogP contribution in [-0.4, -0.2) is 33.0 Å². The number of halogens is 1. The Balaban J connectivity index is 2.08. The number of aldehydes is 1. The largest absolute Gasteiger partial charge is 0.495 e. The number of anilines is 1. The lowest BCUT2D eigenvalue weighted by Gasteiger charge is -2.14. The molecular weight excluding hydrogens is 378 g/mol. The number of hydrogen-bond acceptors (Lipinski definition) is 5. The Hall–Kier alpha value is -2.54. The number of nitrogens with one attached hydrogen (secondary N) is 1. The molecular formula is C17H16BrNO5. The van der Waals surface area contributed by atoms with Crippen LogP contribution in [0.3, 0.4) is 0 Å². The highest BCUT2D eigenvalue weighted by atomic mass is 79.9. The molecule has 126 valence electrons. The van der Waals surface area contributed by atoms with E-state index in [1.165, 1.54) is 20.3 Å². The van der Waals surface area contributed by atoms with Crippen molar-refractivity contribution in [3.63, 3.8) is 0 Å². The van der Waals surface area contributed by atoms with Crippen molar-refractivity contribution < 1.29 is 23.8 Å². The average molecular weight is 394 g/mol. The molecule has 1 N–H and O–H groups in total. The Morgan fingerprint density at radius 3 is 2.54 bits per heavy atom. The maximum atomic E-state index is 12.1. The molecule has 0 heterocycles. The number of hydrogen-bond donors (Lipinski definition) is 1. The summed E-state index contributed by atoms with van der Waals surface area (Å²) in [6.07, 6.45) is 0.700. The molecule has 0 saturated carbocycles. The first kappa shape index (κ1) is 17.8. The summed E-state index contributed by atoms with van der Waals surface area (Å²) in [5.74, 6) is 0.905. The lowest BCUT2D eigenvalue weighted by Crippen LogP contribution is -2.20. The number of ether oxygens (including phenoxy) is 3. The molecule has 2 aromatic carbocycles. The first-order valence-electron chi connectivity index (χ1n) is 6.97. The van der Waals surface area contributed by atoms with Crippen LogP contribution in [0.4, 0.5) is 5.69 Å². The van der Waals surface area contributed by atoms with E-state index in [0.29, 0.717) is 39.3 Å². The second-order valence-electron chi connectivity index (χ2n) is 4.69. The van der Waals surface area contributed by atoms with E-state index in [9.17, 15) is 9.59 Å². The molecule has 0 saturated heterocycles. The quantitative estimate of drug-likeness (QED) is 0.730. The van der Waals surface area contributed by atoms with Crippen LogP contribution in [0.2, 0.25) is 0 Å². The van der Waals surface area contributed by atoms with Gasteiger partial charge in [0.2, 0.25) is 0 Å². The van der Waals surface area contributed by atoms with Crippen molar-refractivity contribution in [3.05, 3.63) is 46.4 Å². The third-order valence-corrected chi connectivity index (χ3v) is 3.71. The summed E-state index contributed by atoms with van der Waals surface area (Å²) < 4.78 is 16.4. The summed E-state index contributed by atoms with van der Waals surface area (Å²) in [5.41, 5.74) is 0.987. The van der Waals surface area contributed by atoms with Crippen LogP contribution in [0.5, 0.6) is 17.2 Å². The summed E-state index contributed by atoms with van der Waals surface area (Å²) in [5, 5.41) is 2.71. The monoisotopic (exact) mass is 393 g/mol. The third-order valence-electron chi connectivity index (χ3n) is 3.12. The first-order chi connectivity index (χ1) is 11.6. The molecule has 0 aliphatic heterocycles. The maximum Gasteiger partial charge on any atom is 0.262 e. The highest BCUT2D eigenvalue weighted by Crippen LogP contribution is 2.36. The van der Waals surface area contributed by atoms with Gasteiger partial charge in [-0.3, -0.25) is 9.59 Å². The van der Waals surface area contributed by atoms with Crippen molar-refractivity contribution in [1.82, 2.24) is 0 Å². The lowest BCUT2D eigenvalue weighted by atomic mass is 10.2. The fourth-order valence-electron chi connectivity index (χ4n) is 2.02. The Bertz CT molecular complexity index is 748. The van der Waals surface area contributed by atoms with Crippen LogP contribution in [0.15, 0.2) is 40.9 Å². The predicted octanol–water partition coefficient (Wildman–Crippen LogP) is 3.30. The van der Waals surface area contributed by atoms with Crippen LogP contribution < -0.4 is 19.5 Å². The van der Waals surface area contributed by atoms with Gasteiger partial charge in [0, 0.05) is 5.56 Å². The molecule has 0 aliphatic carbocycles. The number of benzene rings is 2. The second kappa shape index (κ2) is 8.35. The fourth-order valence-corrected chi connectivity index (χ4v) is 2.59. The molecule has 0 radical (unpaired) electrons. The van der Waals surface area contributed by atoms with E-state index in [1.54, 1.807) is 24.3 Å². The minimum Gasteiger partial charge on any atom is -0.495 e. The van der Waals surface area contributed by atoms with Gasteiger partial charge < -0.3 is 19.5 Å². The smallest absolute Gasteiger partial charge is 0.262 e. The van der Waals surface area contributed by atoms with Crippen molar-refractivity contribution in [3.8, 4) is 17.2 Å². The van der Waals surface area contributed by atoms with E-state index < -0.39 is 0 Å². The van der Waals surface area contributed by atoms with Crippen molar-refractivity contribution in [2.75, 3.05) is 26.1 Å². The highest BCUT2D eigenvalue weighted by molar-refractivity contribution is 9.10. The molecule has 1 amide bonds. The van der Waals surface area contributed by atoms with Gasteiger partial charge in [-0.25, -0.2) is 0 Å². The van der Waals surface area contributed by atoms with Gasteiger partial charge in [-0.1, -0.05) is 12.1 Å². The SMILES string of the molecule is COc1ccccc1NC(=O)COc1c(Br)cc(C=O)cc1OC. The average Bonchev–Trinajstić information content (AvgIpc) is 2.60. The van der Waals surface area contributed by atoms with Gasteiger partial charge in [-0.2, -0.15) is 0 Å². The Morgan fingerprint density at radius 1 is 1.17 bits per heavy atom. The zero-order valence-electron chi connectivity index (χ0n) is 13.2. The summed E-state index contributed by atoms with van der Waals surface area (Å²) in [4.78, 5) is 23.0. The molecule has 0 unspecified atom stereocenters. The molecule has 0 atom stereocenters. The topological polar surface area (TPSA) is 73.9 Å². The second-order valence-corrected chi connectivity index (χ2v) is 5.54. The van der Waals surface area contributed by atoms with Crippen LogP contribution in [0.25, 0.3) is 0 Å². The molecule has 6 nitrogen and oxygen atoms in total. The van der Waals surface area contributed by atoms with E-state index in [0.717, 1.165) is 0 Å². The summed E-state index contributed by atoms with van der Waals surface area (Å²) in [6.45, 7) is -0.229. The number of carbonyl (C=O) groups excluding carboxylic acids is 2. The predicted molar refractivity (Wildman–Crippen MR) is 93.2 cm³/mol. The molecule has 0 aromatic heterocycles. The van der Waals surface area contributed by atoms with Gasteiger partial charge in [-0.05, 0) is 40.2 Å². The molecule has 0 fully saturated rings. The van der Waals surface area contributed by atoms with Gasteiger partial charge in [-0.15, -0.1) is 0 Å². The normalized spacial score (nSPS) is 9.96. The van der Waals surface area contributed by atoms with Gasteiger partial charge in [0.15, 0.2) is 18.1 Å². The van der Waals surface area contributed by atoms with Crippen molar-refractivity contribution in [1.29, 1.82) is 0 Å². The van der Waals surface area contributed by atoms with E-state index in [-0.39, 0.29) is 12.5 Å². The Kier molecular flexibility index (Phi) is 6.20. The maximum absolute atomic E-state index is 12.1. The molecule has 2 rings (SSSR count). The summed E-state index contributed by atoms with van der Waals surface area (Å²) >= 11 is 3.30. The van der Waals surface area contributed by atoms with Crippen molar-refractivity contribution >= 4 is 33.8 Å². The number of amides is 1. The van der Waals surface area contributed by atoms with Gasteiger partial charge in [0.25, 0.3) is 5.91 Å². The molecule has 0 bridgehead atoms. The Labute approximate surface area is 147 Å². The van der Waals surface area contributed by atoms with E-state index in [2.05, 4.69) is 21.2 Å². The summed E-state index contributed by atoms with van der Waals surface area (Å²) in [7, 11) is 2.98. The fraction of sp³-hybridized carbons (Fsp3) is 0.176. The number of para-hydroxylation sites is 2. The molecule has 2 aromatic rings. The number of carbonyl (C=O) groups is 2. The standard InChI is InChI=1S/C17H16BrNO5/c1-22-14-6-4-3-5-13(14)19-16(21)10-24-17-12(18)7-11(9-20)8-15(17)23-2/h3-9H,10H2,1-2H3,(H,19,21). The van der Waals surface area contributed by atoms with Crippen LogP contribution in [-0.2, 0) is 4.79 Å². The zero-order chi connectivity index (χ0) is 17.5. The number of methoxy groups -OCH3 is 2. The molecule has 0 spiro atoms. The van der Waals surface area contributed by atoms with Gasteiger partial charge in [0.05, 0.1) is 24.4 Å². The molecule has 0 aliphatic rings. The number of rotatable bonds is 7. The van der Waals surface area contributed by atoms with Gasteiger partial charge in [0.1, 0.15) is 12.0 Å². The zero-order valence-corrected chi connectivity index (χ0v) is 14.8. The minimum absolute atomic E-state index is 0.229. The van der Waals surface area contributed by atoms with E-state index >= 15 is 0 Å². The third kappa shape index (κ3) is 4.26. The van der Waals surface area contributed by atoms with Crippen LogP contribution >= 0.6 is 15.9 Å². The first-order valence-corrected chi connectivity index (χ1v) is 7.76. The summed E-state index contributed by atoms with van der Waals surface area (Å²) in [6, 6.07) is 10.2. The Morgan fingerprint density at radius 2 is 1.88 bits per heavy atom. The van der Waals surface area contributed by atoms with Crippen LogP contribution in [0.1, 0.15) is 10.4 Å². The molecule has 7 heteroatoms. The highest BCUT2D eigenvalue weighted by Gasteiger charge is 2.14. The minimum atomic E-state index is -0.354. The molecule has 24 heavy (non-hydrogen) atoms. The van der Waals surface area contributed by atoms with E-state index in [1.807, 2.05) is 6.07 Å².